The van der Waals surface area contributed by atoms with Crippen LogP contribution in [0.15, 0.2) is 12.4 Å². The highest BCUT2D eigenvalue weighted by atomic mass is 16.2. The van der Waals surface area contributed by atoms with Gasteiger partial charge in [0.25, 0.3) is 0 Å². The van der Waals surface area contributed by atoms with Crippen LogP contribution in [0.3, 0.4) is 0 Å². The number of amides is 1. The quantitative estimate of drug-likeness (QED) is 0.398. The fourth-order valence-corrected chi connectivity index (χ4v) is 1.21. The molecule has 0 spiro atoms. The molecule has 1 atom stereocenters. The van der Waals surface area contributed by atoms with Crippen molar-refractivity contribution in [3.05, 3.63) is 12.4 Å². The maximum absolute atomic E-state index is 11.3. The molecule has 0 N–H and O–H groups in total. The standard InChI is InChI=1S/C8H12N2O2/c1-6-9(2)4-7(5-11)8(12)10(6)3/h5,7H,1,4H2,2-3H3. The van der Waals surface area contributed by atoms with Crippen LogP contribution in [0.25, 0.3) is 0 Å². The van der Waals surface area contributed by atoms with Crippen molar-refractivity contribution in [2.75, 3.05) is 20.6 Å². The van der Waals surface area contributed by atoms with E-state index >= 15 is 0 Å². The highest BCUT2D eigenvalue weighted by molar-refractivity contribution is 5.93. The summed E-state index contributed by atoms with van der Waals surface area (Å²) in [5.41, 5.74) is 0. The fourth-order valence-electron chi connectivity index (χ4n) is 1.21. The lowest BCUT2D eigenvalue weighted by atomic mass is 10.1. The number of carbonyl (C=O) groups is 2. The second-order valence-electron chi connectivity index (χ2n) is 2.94. The van der Waals surface area contributed by atoms with Crippen molar-refractivity contribution in [3.63, 3.8) is 0 Å². The molecule has 0 aromatic carbocycles. The second-order valence-corrected chi connectivity index (χ2v) is 2.94. The molecule has 1 fully saturated rings. The van der Waals surface area contributed by atoms with Crippen LogP contribution in [0, 0.1) is 5.92 Å². The van der Waals surface area contributed by atoms with E-state index in [4.69, 9.17) is 0 Å². The summed E-state index contributed by atoms with van der Waals surface area (Å²) in [5, 5.41) is 0. The molecule has 0 aromatic heterocycles. The first-order valence-electron chi connectivity index (χ1n) is 3.71. The Morgan fingerprint density at radius 1 is 1.58 bits per heavy atom. The molecule has 12 heavy (non-hydrogen) atoms. The van der Waals surface area contributed by atoms with E-state index in [-0.39, 0.29) is 5.91 Å². The topological polar surface area (TPSA) is 40.6 Å². The number of rotatable bonds is 1. The van der Waals surface area contributed by atoms with Gasteiger partial charge in [-0.2, -0.15) is 0 Å². The lowest BCUT2D eigenvalue weighted by molar-refractivity contribution is -0.139. The summed E-state index contributed by atoms with van der Waals surface area (Å²) in [5.74, 6) is -0.0725. The minimum Gasteiger partial charge on any atom is -0.360 e. The molecular formula is C8H12N2O2. The average Bonchev–Trinajstić information content (AvgIpc) is 2.08. The molecule has 1 aliphatic rings. The van der Waals surface area contributed by atoms with Crippen molar-refractivity contribution in [1.29, 1.82) is 0 Å². The van der Waals surface area contributed by atoms with Gasteiger partial charge in [0.05, 0.1) is 0 Å². The summed E-state index contributed by atoms with van der Waals surface area (Å²) in [6.45, 7) is 4.15. The molecule has 1 saturated heterocycles. The third-order valence-electron chi connectivity index (χ3n) is 2.11. The van der Waals surface area contributed by atoms with E-state index in [1.807, 2.05) is 7.05 Å². The Morgan fingerprint density at radius 3 is 2.67 bits per heavy atom. The van der Waals surface area contributed by atoms with Crippen molar-refractivity contribution < 1.29 is 9.59 Å². The zero-order chi connectivity index (χ0) is 9.30. The maximum atomic E-state index is 11.3. The summed E-state index contributed by atoms with van der Waals surface area (Å²) >= 11 is 0. The SMILES string of the molecule is C=C1N(C)CC(C=O)C(=O)N1C. The van der Waals surface area contributed by atoms with E-state index in [2.05, 4.69) is 6.58 Å². The first-order chi connectivity index (χ1) is 5.57. The highest BCUT2D eigenvalue weighted by Gasteiger charge is 2.30. The van der Waals surface area contributed by atoms with Gasteiger partial charge in [-0.15, -0.1) is 0 Å². The molecular weight excluding hydrogens is 156 g/mol. The number of nitrogens with zero attached hydrogens (tertiary/aromatic N) is 2. The van der Waals surface area contributed by atoms with Gasteiger partial charge >= 0.3 is 0 Å². The summed E-state index contributed by atoms with van der Waals surface area (Å²) in [6, 6.07) is 0. The van der Waals surface area contributed by atoms with E-state index in [9.17, 15) is 9.59 Å². The summed E-state index contributed by atoms with van der Waals surface area (Å²) < 4.78 is 0. The number of carbonyl (C=O) groups excluding carboxylic acids is 2. The lowest BCUT2D eigenvalue weighted by Crippen LogP contribution is -2.48. The fraction of sp³-hybridized carbons (Fsp3) is 0.500. The number of hydrogen-bond acceptors (Lipinski definition) is 3. The number of hydrogen-bond donors (Lipinski definition) is 0. The van der Waals surface area contributed by atoms with Gasteiger partial charge in [-0.05, 0) is 0 Å². The molecule has 0 aromatic rings. The number of aldehydes is 1. The van der Waals surface area contributed by atoms with Gasteiger partial charge < -0.3 is 14.6 Å². The maximum Gasteiger partial charge on any atom is 0.239 e. The average molecular weight is 168 g/mol. The molecule has 1 heterocycles. The minimum absolute atomic E-state index is 0.173. The Bertz CT molecular complexity index is 233. The molecule has 1 aliphatic heterocycles. The molecule has 1 rings (SSSR count). The Morgan fingerprint density at radius 2 is 2.17 bits per heavy atom. The predicted molar refractivity (Wildman–Crippen MR) is 44.1 cm³/mol. The van der Waals surface area contributed by atoms with Crippen molar-refractivity contribution in [3.8, 4) is 0 Å². The predicted octanol–water partition coefficient (Wildman–Crippen LogP) is -0.324. The van der Waals surface area contributed by atoms with E-state index in [0.717, 1.165) is 0 Å². The van der Waals surface area contributed by atoms with Crippen LogP contribution in [0.4, 0.5) is 0 Å². The van der Waals surface area contributed by atoms with Crippen molar-refractivity contribution >= 4 is 12.2 Å². The van der Waals surface area contributed by atoms with E-state index < -0.39 is 5.92 Å². The van der Waals surface area contributed by atoms with Gasteiger partial charge in [-0.1, -0.05) is 6.58 Å². The molecule has 0 radical (unpaired) electrons. The third kappa shape index (κ3) is 1.20. The molecule has 4 heteroatoms. The molecule has 66 valence electrons. The van der Waals surface area contributed by atoms with Crippen LogP contribution in [0.1, 0.15) is 0 Å². The summed E-state index contributed by atoms with van der Waals surface area (Å²) in [6.07, 6.45) is 0.682. The van der Waals surface area contributed by atoms with Crippen LogP contribution in [0.5, 0.6) is 0 Å². The Labute approximate surface area is 71.4 Å². The third-order valence-corrected chi connectivity index (χ3v) is 2.11. The largest absolute Gasteiger partial charge is 0.360 e. The van der Waals surface area contributed by atoms with Crippen molar-refractivity contribution in [2.45, 2.75) is 0 Å². The normalized spacial score (nSPS) is 24.7. The molecule has 0 aliphatic carbocycles. The van der Waals surface area contributed by atoms with Gasteiger partial charge in [0.15, 0.2) is 0 Å². The van der Waals surface area contributed by atoms with Crippen LogP contribution in [-0.2, 0) is 9.59 Å². The van der Waals surface area contributed by atoms with Gasteiger partial charge in [0.1, 0.15) is 18.0 Å². The van der Waals surface area contributed by atoms with E-state index in [1.165, 1.54) is 4.90 Å². The van der Waals surface area contributed by atoms with Gasteiger partial charge in [0.2, 0.25) is 5.91 Å². The van der Waals surface area contributed by atoms with E-state index in [0.29, 0.717) is 18.7 Å². The van der Waals surface area contributed by atoms with Gasteiger partial charge in [-0.25, -0.2) is 0 Å². The highest BCUT2D eigenvalue weighted by Crippen LogP contribution is 2.16. The smallest absolute Gasteiger partial charge is 0.239 e. The molecule has 4 nitrogen and oxygen atoms in total. The molecule has 1 unspecified atom stereocenters. The van der Waals surface area contributed by atoms with Crippen molar-refractivity contribution in [1.82, 2.24) is 9.80 Å². The second kappa shape index (κ2) is 2.97. The Hall–Kier alpha value is -1.32. The molecule has 0 saturated carbocycles. The Kier molecular flexibility index (Phi) is 2.17. The monoisotopic (exact) mass is 168 g/mol. The van der Waals surface area contributed by atoms with Crippen LogP contribution < -0.4 is 0 Å². The summed E-state index contributed by atoms with van der Waals surface area (Å²) in [4.78, 5) is 25.0. The van der Waals surface area contributed by atoms with Crippen LogP contribution in [0.2, 0.25) is 0 Å². The van der Waals surface area contributed by atoms with E-state index in [1.54, 1.807) is 11.9 Å². The zero-order valence-corrected chi connectivity index (χ0v) is 7.28. The van der Waals surface area contributed by atoms with Crippen LogP contribution >= 0.6 is 0 Å². The molecule has 0 bridgehead atoms. The molecule has 1 amide bonds. The Balaban J connectivity index is 2.84. The van der Waals surface area contributed by atoms with Gasteiger partial charge in [-0.3, -0.25) is 4.79 Å². The first kappa shape index (κ1) is 8.77. The lowest BCUT2D eigenvalue weighted by Gasteiger charge is -2.36. The minimum atomic E-state index is -0.537. The van der Waals surface area contributed by atoms with Gasteiger partial charge in [0, 0.05) is 20.6 Å². The first-order valence-corrected chi connectivity index (χ1v) is 3.71. The zero-order valence-electron chi connectivity index (χ0n) is 7.28. The summed E-state index contributed by atoms with van der Waals surface area (Å²) in [7, 11) is 3.43. The van der Waals surface area contributed by atoms with Crippen molar-refractivity contribution in [2.24, 2.45) is 5.92 Å². The van der Waals surface area contributed by atoms with Crippen LogP contribution in [-0.4, -0.2) is 42.6 Å².